The summed E-state index contributed by atoms with van der Waals surface area (Å²) in [5, 5.41) is 0. The van der Waals surface area contributed by atoms with E-state index >= 15 is 0 Å². The van der Waals surface area contributed by atoms with Gasteiger partial charge in [0.1, 0.15) is 11.6 Å². The number of benzene rings is 3. The third-order valence-electron chi connectivity index (χ3n) is 7.08. The van der Waals surface area contributed by atoms with Crippen LogP contribution in [0, 0.1) is 30.4 Å². The maximum atomic E-state index is 14.7. The van der Waals surface area contributed by atoms with Crippen LogP contribution in [0.5, 0.6) is 0 Å². The van der Waals surface area contributed by atoms with E-state index in [4.69, 9.17) is 4.74 Å². The van der Waals surface area contributed by atoms with Crippen LogP contribution < -0.4 is 4.90 Å². The molecule has 3 atom stereocenters. The van der Waals surface area contributed by atoms with E-state index in [1.54, 1.807) is 36.4 Å². The molecule has 3 aromatic rings. The number of imide groups is 1. The first-order valence-electron chi connectivity index (χ1n) is 11.0. The molecule has 6 nitrogen and oxygen atoms in total. The maximum absolute atomic E-state index is 14.7. The van der Waals surface area contributed by atoms with E-state index in [0.29, 0.717) is 16.5 Å². The van der Waals surface area contributed by atoms with Crippen molar-refractivity contribution in [2.75, 3.05) is 4.90 Å². The van der Waals surface area contributed by atoms with Gasteiger partial charge in [0.25, 0.3) is 0 Å². The van der Waals surface area contributed by atoms with Gasteiger partial charge in [-0.05, 0) is 24.6 Å². The second kappa shape index (κ2) is 7.23. The molecule has 0 unspecified atom stereocenters. The highest BCUT2D eigenvalue weighted by atomic mass is 19.1. The lowest BCUT2D eigenvalue weighted by Crippen LogP contribution is -2.51. The van der Waals surface area contributed by atoms with Crippen molar-refractivity contribution in [3.63, 3.8) is 0 Å². The molecule has 1 spiro atoms. The fourth-order valence-corrected chi connectivity index (χ4v) is 5.47. The van der Waals surface area contributed by atoms with Gasteiger partial charge in [-0.15, -0.1) is 0 Å². The molecule has 174 valence electrons. The summed E-state index contributed by atoms with van der Waals surface area (Å²) in [4.78, 5) is 55.3. The minimum absolute atomic E-state index is 0.104. The molecule has 1 aliphatic carbocycles. The summed E-state index contributed by atoms with van der Waals surface area (Å²) in [5.74, 6) is -7.90. The van der Waals surface area contributed by atoms with E-state index in [1.807, 2.05) is 6.92 Å². The number of ketones is 2. The Kier molecular flexibility index (Phi) is 4.44. The quantitative estimate of drug-likeness (QED) is 0.416. The SMILES string of the molecule is Cc1ccc([C@H]2OC3(C(=O)c4ccccc4C3=O)[C@@H]3C(=O)N(c4ccc(F)cc4F)C(=O)[C@H]23)cc1. The number of anilines is 1. The smallest absolute Gasteiger partial charge is 0.241 e. The molecule has 2 heterocycles. The molecule has 2 saturated heterocycles. The Morgan fingerprint density at radius 2 is 1.46 bits per heavy atom. The van der Waals surface area contributed by atoms with Crippen LogP contribution in [0.4, 0.5) is 14.5 Å². The van der Waals surface area contributed by atoms with Crippen molar-refractivity contribution < 1.29 is 32.7 Å². The van der Waals surface area contributed by atoms with Crippen molar-refractivity contribution in [1.29, 1.82) is 0 Å². The summed E-state index contributed by atoms with van der Waals surface area (Å²) in [5.41, 5.74) is -1.05. The molecule has 2 aliphatic heterocycles. The molecule has 0 saturated carbocycles. The summed E-state index contributed by atoms with van der Waals surface area (Å²) >= 11 is 0. The first-order chi connectivity index (χ1) is 16.8. The molecule has 6 rings (SSSR count). The van der Waals surface area contributed by atoms with Crippen molar-refractivity contribution in [3.8, 4) is 0 Å². The zero-order valence-electron chi connectivity index (χ0n) is 18.3. The minimum Gasteiger partial charge on any atom is -0.349 e. The maximum Gasteiger partial charge on any atom is 0.241 e. The first kappa shape index (κ1) is 21.5. The largest absolute Gasteiger partial charge is 0.349 e. The van der Waals surface area contributed by atoms with E-state index in [0.717, 1.165) is 17.7 Å². The summed E-state index contributed by atoms with van der Waals surface area (Å²) in [6.07, 6.45) is -1.10. The van der Waals surface area contributed by atoms with Gasteiger partial charge in [0.15, 0.2) is 0 Å². The predicted molar refractivity (Wildman–Crippen MR) is 119 cm³/mol. The van der Waals surface area contributed by atoms with Crippen molar-refractivity contribution >= 4 is 29.1 Å². The van der Waals surface area contributed by atoms with Gasteiger partial charge in [0.2, 0.25) is 29.0 Å². The van der Waals surface area contributed by atoms with E-state index in [9.17, 15) is 28.0 Å². The fourth-order valence-electron chi connectivity index (χ4n) is 5.47. The molecule has 2 fully saturated rings. The summed E-state index contributed by atoms with van der Waals surface area (Å²) < 4.78 is 34.4. The van der Waals surface area contributed by atoms with Crippen LogP contribution in [-0.4, -0.2) is 29.0 Å². The normalized spacial score (nSPS) is 24.4. The van der Waals surface area contributed by atoms with Gasteiger partial charge in [-0.2, -0.15) is 0 Å². The molecule has 3 aromatic carbocycles. The van der Waals surface area contributed by atoms with E-state index in [2.05, 4.69) is 0 Å². The van der Waals surface area contributed by atoms with Crippen molar-refractivity contribution in [1.82, 2.24) is 0 Å². The lowest BCUT2D eigenvalue weighted by Gasteiger charge is -2.27. The van der Waals surface area contributed by atoms with Crippen LogP contribution in [-0.2, 0) is 14.3 Å². The highest BCUT2D eigenvalue weighted by molar-refractivity contribution is 6.37. The highest BCUT2D eigenvalue weighted by Gasteiger charge is 2.74. The van der Waals surface area contributed by atoms with Gasteiger partial charge in [-0.3, -0.25) is 19.2 Å². The Labute approximate surface area is 198 Å². The third kappa shape index (κ3) is 2.71. The molecule has 35 heavy (non-hydrogen) atoms. The molecular weight excluding hydrogens is 456 g/mol. The van der Waals surface area contributed by atoms with Crippen molar-refractivity contribution in [2.45, 2.75) is 18.6 Å². The molecule has 0 bridgehead atoms. The molecule has 3 aliphatic rings. The summed E-state index contributed by atoms with van der Waals surface area (Å²) in [7, 11) is 0. The van der Waals surface area contributed by atoms with Gasteiger partial charge in [0.05, 0.1) is 23.6 Å². The number of aryl methyl sites for hydroxylation is 1. The molecule has 0 radical (unpaired) electrons. The number of rotatable bonds is 2. The number of ether oxygens (including phenoxy) is 1. The average Bonchev–Trinajstić information content (AvgIpc) is 3.40. The van der Waals surface area contributed by atoms with E-state index in [1.165, 1.54) is 12.1 Å². The minimum atomic E-state index is -2.25. The Morgan fingerprint density at radius 3 is 2.06 bits per heavy atom. The van der Waals surface area contributed by atoms with Crippen LogP contribution in [0.1, 0.15) is 37.9 Å². The lowest BCUT2D eigenvalue weighted by atomic mass is 9.77. The zero-order valence-corrected chi connectivity index (χ0v) is 18.3. The van der Waals surface area contributed by atoms with Crippen LogP contribution in [0.3, 0.4) is 0 Å². The first-order valence-corrected chi connectivity index (χ1v) is 11.0. The summed E-state index contributed by atoms with van der Waals surface area (Å²) in [6, 6.07) is 15.6. The fraction of sp³-hybridized carbons (Fsp3) is 0.185. The van der Waals surface area contributed by atoms with Gasteiger partial charge >= 0.3 is 0 Å². The predicted octanol–water partition coefficient (Wildman–Crippen LogP) is 3.97. The van der Waals surface area contributed by atoms with Crippen LogP contribution in [0.15, 0.2) is 66.7 Å². The molecule has 8 heteroatoms. The van der Waals surface area contributed by atoms with Gasteiger partial charge in [0, 0.05) is 17.2 Å². The second-order valence-electron chi connectivity index (χ2n) is 9.00. The van der Waals surface area contributed by atoms with Gasteiger partial charge in [-0.25, -0.2) is 13.7 Å². The number of carbonyl (C=O) groups excluding carboxylic acids is 4. The number of hydrogen-bond donors (Lipinski definition) is 0. The number of Topliss-reactive ketones (excluding diaryl/α,β-unsaturated/α-hetero) is 2. The van der Waals surface area contributed by atoms with Crippen molar-refractivity contribution in [3.05, 3.63) is 101 Å². The zero-order chi connectivity index (χ0) is 24.6. The number of halogens is 2. The van der Waals surface area contributed by atoms with Crippen LogP contribution >= 0.6 is 0 Å². The number of carbonyl (C=O) groups is 4. The molecule has 0 aromatic heterocycles. The lowest BCUT2D eigenvalue weighted by molar-refractivity contribution is -0.127. The topological polar surface area (TPSA) is 80.8 Å². The number of amides is 2. The molecular formula is C27H17F2NO5. The van der Waals surface area contributed by atoms with Crippen molar-refractivity contribution in [2.24, 2.45) is 11.8 Å². The third-order valence-corrected chi connectivity index (χ3v) is 7.08. The number of nitrogens with zero attached hydrogens (tertiary/aromatic N) is 1. The van der Waals surface area contributed by atoms with Crippen LogP contribution in [0.25, 0.3) is 0 Å². The summed E-state index contributed by atoms with van der Waals surface area (Å²) in [6.45, 7) is 1.87. The Balaban J connectivity index is 1.55. The Hall–Kier alpha value is -4.04. The van der Waals surface area contributed by atoms with Crippen LogP contribution in [0.2, 0.25) is 0 Å². The molecule has 2 amide bonds. The molecule has 0 N–H and O–H groups in total. The Morgan fingerprint density at radius 1 is 0.829 bits per heavy atom. The number of fused-ring (bicyclic) bond motifs is 3. The average molecular weight is 473 g/mol. The van der Waals surface area contributed by atoms with E-state index < -0.39 is 64.2 Å². The van der Waals surface area contributed by atoms with E-state index in [-0.39, 0.29) is 11.1 Å². The Bertz CT molecular complexity index is 1430. The second-order valence-corrected chi connectivity index (χ2v) is 9.00. The highest BCUT2D eigenvalue weighted by Crippen LogP contribution is 2.57. The monoisotopic (exact) mass is 473 g/mol. The standard InChI is InChI=1S/C27H17F2NO5/c1-13-6-8-14(9-7-13)22-20-21(26(34)30(25(20)33)19-11-10-15(28)12-18(19)29)27(35-22)23(31)16-4-2-3-5-17(16)24(27)32/h2-12,20-22H,1H3/t20-,21-,22+/m0/s1. The van der Waals surface area contributed by atoms with Gasteiger partial charge in [-0.1, -0.05) is 54.1 Å². The van der Waals surface area contributed by atoms with Gasteiger partial charge < -0.3 is 4.74 Å². The number of hydrogen-bond acceptors (Lipinski definition) is 5.